The van der Waals surface area contributed by atoms with Crippen molar-refractivity contribution in [2.75, 3.05) is 12.0 Å². The second kappa shape index (κ2) is 2.51. The van der Waals surface area contributed by atoms with Gasteiger partial charge in [0.25, 0.3) is 0 Å². The molecule has 0 aromatic heterocycles. The second-order valence-corrected chi connectivity index (χ2v) is 5.18. The predicted octanol–water partition coefficient (Wildman–Crippen LogP) is -0.198. The molecule has 0 aliphatic heterocycles. The van der Waals surface area contributed by atoms with Crippen molar-refractivity contribution in [3.05, 3.63) is 0 Å². The summed E-state index contributed by atoms with van der Waals surface area (Å²) in [7, 11) is -2.98. The van der Waals surface area contributed by atoms with E-state index in [2.05, 4.69) is 0 Å². The maximum atomic E-state index is 10.6. The van der Waals surface area contributed by atoms with Crippen molar-refractivity contribution < 1.29 is 13.5 Å². The zero-order chi connectivity index (χ0) is 7.78. The predicted molar refractivity (Wildman–Crippen MR) is 38.4 cm³/mol. The Kier molecular flexibility index (Phi) is 2.01. The SMILES string of the molecule is CS(=O)(=O)CC(O)C1CC1. The van der Waals surface area contributed by atoms with Gasteiger partial charge in [0, 0.05) is 6.26 Å². The summed E-state index contributed by atoms with van der Waals surface area (Å²) in [6.07, 6.45) is 2.50. The summed E-state index contributed by atoms with van der Waals surface area (Å²) >= 11 is 0. The van der Waals surface area contributed by atoms with Crippen molar-refractivity contribution in [3.63, 3.8) is 0 Å². The van der Waals surface area contributed by atoms with Crippen LogP contribution in [0.25, 0.3) is 0 Å². The molecule has 0 spiro atoms. The van der Waals surface area contributed by atoms with Crippen molar-refractivity contribution in [3.8, 4) is 0 Å². The molecule has 1 N–H and O–H groups in total. The van der Waals surface area contributed by atoms with E-state index in [1.807, 2.05) is 0 Å². The molecule has 0 aromatic carbocycles. The fourth-order valence-corrected chi connectivity index (χ4v) is 1.82. The maximum Gasteiger partial charge on any atom is 0.150 e. The molecule has 1 aliphatic carbocycles. The van der Waals surface area contributed by atoms with Gasteiger partial charge in [-0.3, -0.25) is 0 Å². The van der Waals surface area contributed by atoms with Crippen molar-refractivity contribution in [1.82, 2.24) is 0 Å². The van der Waals surface area contributed by atoms with Crippen LogP contribution in [0.15, 0.2) is 0 Å². The number of hydrogen-bond donors (Lipinski definition) is 1. The van der Waals surface area contributed by atoms with Crippen LogP contribution in [0.1, 0.15) is 12.8 Å². The molecule has 1 saturated carbocycles. The smallest absolute Gasteiger partial charge is 0.150 e. The molecule has 0 bridgehead atoms. The minimum absolute atomic E-state index is 0.0718. The third kappa shape index (κ3) is 2.66. The first kappa shape index (κ1) is 8.01. The Morgan fingerprint density at radius 3 is 2.40 bits per heavy atom. The summed E-state index contributed by atoms with van der Waals surface area (Å²) in [5.41, 5.74) is 0. The lowest BCUT2D eigenvalue weighted by molar-refractivity contribution is 0.174. The first-order chi connectivity index (χ1) is 4.49. The van der Waals surface area contributed by atoms with E-state index >= 15 is 0 Å². The van der Waals surface area contributed by atoms with Crippen LogP contribution in [0.2, 0.25) is 0 Å². The molecule has 60 valence electrons. The number of sulfone groups is 1. The van der Waals surface area contributed by atoms with Gasteiger partial charge in [0.2, 0.25) is 0 Å². The molecule has 0 radical (unpaired) electrons. The Morgan fingerprint density at radius 1 is 1.60 bits per heavy atom. The average Bonchev–Trinajstić information content (AvgIpc) is 2.35. The number of aliphatic hydroxyl groups is 1. The Labute approximate surface area is 61.0 Å². The standard InChI is InChI=1S/C6H12O3S/c1-10(8,9)4-6(7)5-2-3-5/h5-7H,2-4H2,1H3. The highest BCUT2D eigenvalue weighted by molar-refractivity contribution is 7.90. The van der Waals surface area contributed by atoms with E-state index in [-0.39, 0.29) is 11.7 Å². The van der Waals surface area contributed by atoms with Crippen LogP contribution in [-0.4, -0.2) is 31.6 Å². The fraction of sp³-hybridized carbons (Fsp3) is 1.00. The van der Waals surface area contributed by atoms with Crippen molar-refractivity contribution in [2.45, 2.75) is 18.9 Å². The molecule has 1 fully saturated rings. The number of rotatable bonds is 3. The van der Waals surface area contributed by atoms with Crippen LogP contribution >= 0.6 is 0 Å². The van der Waals surface area contributed by atoms with Crippen LogP contribution in [-0.2, 0) is 9.84 Å². The van der Waals surface area contributed by atoms with E-state index in [1.165, 1.54) is 0 Å². The van der Waals surface area contributed by atoms with Crippen LogP contribution in [0.3, 0.4) is 0 Å². The zero-order valence-electron chi connectivity index (χ0n) is 5.95. The normalized spacial score (nSPS) is 22.6. The summed E-state index contributed by atoms with van der Waals surface area (Å²) < 4.78 is 21.2. The quantitative estimate of drug-likeness (QED) is 0.628. The van der Waals surface area contributed by atoms with E-state index < -0.39 is 15.9 Å². The van der Waals surface area contributed by atoms with E-state index in [4.69, 9.17) is 5.11 Å². The highest BCUT2D eigenvalue weighted by atomic mass is 32.2. The Bertz CT molecular complexity index is 203. The molecular weight excluding hydrogens is 152 g/mol. The van der Waals surface area contributed by atoms with Gasteiger partial charge in [-0.1, -0.05) is 0 Å². The second-order valence-electron chi connectivity index (χ2n) is 3.00. The van der Waals surface area contributed by atoms with E-state index in [0.717, 1.165) is 19.1 Å². The third-order valence-electron chi connectivity index (χ3n) is 1.64. The largest absolute Gasteiger partial charge is 0.392 e. The van der Waals surface area contributed by atoms with Crippen molar-refractivity contribution in [2.24, 2.45) is 5.92 Å². The van der Waals surface area contributed by atoms with E-state index in [0.29, 0.717) is 0 Å². The summed E-state index contributed by atoms with van der Waals surface area (Å²) in [6.45, 7) is 0. The first-order valence-corrected chi connectivity index (χ1v) is 5.41. The van der Waals surface area contributed by atoms with Gasteiger partial charge < -0.3 is 5.11 Å². The highest BCUT2D eigenvalue weighted by Gasteiger charge is 2.31. The van der Waals surface area contributed by atoms with Gasteiger partial charge in [-0.2, -0.15) is 0 Å². The lowest BCUT2D eigenvalue weighted by Gasteiger charge is -2.05. The molecule has 4 heteroatoms. The van der Waals surface area contributed by atoms with Gasteiger partial charge >= 0.3 is 0 Å². The van der Waals surface area contributed by atoms with Gasteiger partial charge in [0.05, 0.1) is 11.9 Å². The number of aliphatic hydroxyl groups excluding tert-OH is 1. The Hall–Kier alpha value is -0.0900. The summed E-state index contributed by atoms with van der Waals surface area (Å²) in [6, 6.07) is 0. The average molecular weight is 164 g/mol. The summed E-state index contributed by atoms with van der Waals surface area (Å²) in [5.74, 6) is 0.187. The lowest BCUT2D eigenvalue weighted by atomic mass is 10.3. The van der Waals surface area contributed by atoms with Crippen LogP contribution in [0.4, 0.5) is 0 Å². The Balaban J connectivity index is 2.37. The molecule has 0 heterocycles. The van der Waals surface area contributed by atoms with Crippen molar-refractivity contribution >= 4 is 9.84 Å². The van der Waals surface area contributed by atoms with Gasteiger partial charge in [-0.05, 0) is 18.8 Å². The summed E-state index contributed by atoms with van der Waals surface area (Å²) in [4.78, 5) is 0. The topological polar surface area (TPSA) is 54.4 Å². The molecule has 1 atom stereocenters. The lowest BCUT2D eigenvalue weighted by Crippen LogP contribution is -2.21. The molecule has 1 rings (SSSR count). The van der Waals surface area contributed by atoms with Gasteiger partial charge in [-0.25, -0.2) is 8.42 Å². The number of hydrogen-bond acceptors (Lipinski definition) is 3. The van der Waals surface area contributed by atoms with Crippen LogP contribution in [0.5, 0.6) is 0 Å². The first-order valence-electron chi connectivity index (χ1n) is 3.35. The van der Waals surface area contributed by atoms with Crippen LogP contribution < -0.4 is 0 Å². The maximum absolute atomic E-state index is 10.6. The molecule has 3 nitrogen and oxygen atoms in total. The van der Waals surface area contributed by atoms with Crippen molar-refractivity contribution in [1.29, 1.82) is 0 Å². The minimum Gasteiger partial charge on any atom is -0.392 e. The fourth-order valence-electron chi connectivity index (χ4n) is 0.927. The molecule has 1 unspecified atom stereocenters. The van der Waals surface area contributed by atoms with Gasteiger partial charge in [0.1, 0.15) is 9.84 Å². The molecule has 10 heavy (non-hydrogen) atoms. The monoisotopic (exact) mass is 164 g/mol. The molecular formula is C6H12O3S. The van der Waals surface area contributed by atoms with E-state index in [9.17, 15) is 8.42 Å². The minimum atomic E-state index is -2.98. The van der Waals surface area contributed by atoms with Gasteiger partial charge in [0.15, 0.2) is 0 Å². The van der Waals surface area contributed by atoms with Gasteiger partial charge in [-0.15, -0.1) is 0 Å². The highest BCUT2D eigenvalue weighted by Crippen LogP contribution is 2.32. The van der Waals surface area contributed by atoms with Crippen LogP contribution in [0, 0.1) is 5.92 Å². The summed E-state index contributed by atoms with van der Waals surface area (Å²) in [5, 5.41) is 9.15. The molecule has 0 amide bonds. The third-order valence-corrected chi connectivity index (χ3v) is 2.59. The Morgan fingerprint density at radius 2 is 2.10 bits per heavy atom. The molecule has 1 aliphatic rings. The zero-order valence-corrected chi connectivity index (χ0v) is 6.76. The molecule has 0 aromatic rings. The molecule has 0 saturated heterocycles. The van der Waals surface area contributed by atoms with E-state index in [1.54, 1.807) is 0 Å².